The molecule has 0 aliphatic rings. The lowest BCUT2D eigenvalue weighted by Crippen LogP contribution is -2.17. The third kappa shape index (κ3) is 5.43. The first-order valence-electron chi connectivity index (χ1n) is 6.87. The molecule has 0 radical (unpaired) electrons. The highest BCUT2D eigenvalue weighted by atomic mass is 35.5. The summed E-state index contributed by atoms with van der Waals surface area (Å²) < 4.78 is 12.8. The van der Waals surface area contributed by atoms with Crippen LogP contribution in [0.3, 0.4) is 0 Å². The Hall–Kier alpha value is -2.25. The summed E-state index contributed by atoms with van der Waals surface area (Å²) in [5.41, 5.74) is 2.78. The van der Waals surface area contributed by atoms with Crippen molar-refractivity contribution in [2.24, 2.45) is 5.10 Å². The Morgan fingerprint density at radius 3 is 2.67 bits per heavy atom. The van der Waals surface area contributed by atoms with Gasteiger partial charge in [0.05, 0.1) is 11.2 Å². The second-order valence-corrected chi connectivity index (χ2v) is 6.29. The minimum atomic E-state index is -0.407. The number of halogens is 2. The lowest BCUT2D eigenvalue weighted by molar-refractivity contribution is -0.120. The summed E-state index contributed by atoms with van der Waals surface area (Å²) in [5, 5.41) is 22.5. The van der Waals surface area contributed by atoms with Crippen LogP contribution in [-0.2, 0) is 4.79 Å². The normalized spacial score (nSPS) is 10.9. The van der Waals surface area contributed by atoms with Crippen molar-refractivity contribution < 1.29 is 19.4 Å². The Bertz CT molecular complexity index is 730. The first-order valence-corrected chi connectivity index (χ1v) is 8.24. The number of amides is 1. The Labute approximate surface area is 147 Å². The SMILES string of the molecule is O=C(CCSc1ccc(F)cc1)N/N=C/c1cc(O)c(O)c(Cl)c1. The average molecular weight is 369 g/mol. The van der Waals surface area contributed by atoms with Crippen molar-refractivity contribution in [2.45, 2.75) is 11.3 Å². The van der Waals surface area contributed by atoms with Crippen LogP contribution in [0.4, 0.5) is 4.39 Å². The van der Waals surface area contributed by atoms with E-state index in [0.717, 1.165) is 4.90 Å². The van der Waals surface area contributed by atoms with Crippen molar-refractivity contribution in [3.63, 3.8) is 0 Å². The van der Waals surface area contributed by atoms with Crippen molar-refractivity contribution in [2.75, 3.05) is 5.75 Å². The maximum absolute atomic E-state index is 12.8. The van der Waals surface area contributed by atoms with E-state index in [-0.39, 0.29) is 28.9 Å². The fraction of sp³-hybridized carbons (Fsp3) is 0.125. The van der Waals surface area contributed by atoms with Gasteiger partial charge in [-0.3, -0.25) is 4.79 Å². The van der Waals surface area contributed by atoms with E-state index < -0.39 is 5.75 Å². The number of thioether (sulfide) groups is 1. The number of aromatic hydroxyl groups is 2. The standard InChI is InChI=1S/C16H14ClFN2O3S/c17-13-7-10(8-14(21)16(13)23)9-19-20-15(22)5-6-24-12-3-1-11(18)2-4-12/h1-4,7-9,21,23H,5-6H2,(H,20,22)/b19-9+. The first-order chi connectivity index (χ1) is 11.5. The molecular weight excluding hydrogens is 355 g/mol. The largest absolute Gasteiger partial charge is 0.504 e. The molecule has 0 fully saturated rings. The molecule has 0 saturated carbocycles. The molecule has 0 heterocycles. The minimum absolute atomic E-state index is 0.0153. The quantitative estimate of drug-likeness (QED) is 0.315. The minimum Gasteiger partial charge on any atom is -0.504 e. The van der Waals surface area contributed by atoms with E-state index in [1.165, 1.54) is 42.2 Å². The summed E-state index contributed by atoms with van der Waals surface area (Å²) in [6, 6.07) is 8.70. The summed E-state index contributed by atoms with van der Waals surface area (Å²) in [7, 11) is 0. The molecular formula is C16H14ClFN2O3S. The van der Waals surface area contributed by atoms with E-state index in [1.807, 2.05) is 0 Å². The third-order valence-electron chi connectivity index (χ3n) is 2.88. The molecule has 8 heteroatoms. The van der Waals surface area contributed by atoms with Crippen molar-refractivity contribution >= 4 is 35.5 Å². The summed E-state index contributed by atoms with van der Waals surface area (Å²) in [6.07, 6.45) is 1.54. The monoisotopic (exact) mass is 368 g/mol. The topological polar surface area (TPSA) is 81.9 Å². The van der Waals surface area contributed by atoms with Gasteiger partial charge in [-0.1, -0.05) is 11.6 Å². The number of phenols is 2. The number of nitrogens with one attached hydrogen (secondary N) is 1. The summed E-state index contributed by atoms with van der Waals surface area (Å²) in [6.45, 7) is 0. The van der Waals surface area contributed by atoms with Gasteiger partial charge in [0.1, 0.15) is 5.82 Å². The number of hydrazone groups is 1. The zero-order valence-electron chi connectivity index (χ0n) is 12.4. The van der Waals surface area contributed by atoms with Crippen molar-refractivity contribution in [1.82, 2.24) is 5.43 Å². The zero-order valence-corrected chi connectivity index (χ0v) is 13.9. The molecule has 1 amide bonds. The Morgan fingerprint density at radius 1 is 1.29 bits per heavy atom. The molecule has 0 unspecified atom stereocenters. The fourth-order valence-electron chi connectivity index (χ4n) is 1.71. The smallest absolute Gasteiger partial charge is 0.240 e. The van der Waals surface area contributed by atoms with Crippen LogP contribution in [0.2, 0.25) is 5.02 Å². The number of nitrogens with zero attached hydrogens (tertiary/aromatic N) is 1. The van der Waals surface area contributed by atoms with Gasteiger partial charge in [0.2, 0.25) is 5.91 Å². The Kier molecular flexibility index (Phi) is 6.45. The van der Waals surface area contributed by atoms with Crippen LogP contribution in [0, 0.1) is 5.82 Å². The average Bonchev–Trinajstić information content (AvgIpc) is 2.54. The van der Waals surface area contributed by atoms with Crippen LogP contribution >= 0.6 is 23.4 Å². The van der Waals surface area contributed by atoms with Gasteiger partial charge in [0, 0.05) is 17.1 Å². The van der Waals surface area contributed by atoms with E-state index >= 15 is 0 Å². The van der Waals surface area contributed by atoms with Gasteiger partial charge in [-0.2, -0.15) is 5.10 Å². The van der Waals surface area contributed by atoms with E-state index in [1.54, 1.807) is 12.1 Å². The van der Waals surface area contributed by atoms with Crippen LogP contribution < -0.4 is 5.43 Å². The van der Waals surface area contributed by atoms with E-state index in [0.29, 0.717) is 11.3 Å². The number of hydrogen-bond donors (Lipinski definition) is 3. The molecule has 126 valence electrons. The number of rotatable bonds is 6. The molecule has 2 aromatic rings. The van der Waals surface area contributed by atoms with E-state index in [2.05, 4.69) is 10.5 Å². The van der Waals surface area contributed by atoms with Gasteiger partial charge < -0.3 is 10.2 Å². The number of carbonyl (C=O) groups is 1. The van der Waals surface area contributed by atoms with Gasteiger partial charge in [-0.05, 0) is 42.0 Å². The molecule has 0 spiro atoms. The maximum atomic E-state index is 12.8. The van der Waals surface area contributed by atoms with Gasteiger partial charge in [-0.15, -0.1) is 11.8 Å². The van der Waals surface area contributed by atoms with Crippen molar-refractivity contribution in [3.8, 4) is 11.5 Å². The molecule has 0 saturated heterocycles. The molecule has 24 heavy (non-hydrogen) atoms. The third-order valence-corrected chi connectivity index (χ3v) is 4.18. The van der Waals surface area contributed by atoms with Crippen LogP contribution in [0.25, 0.3) is 0 Å². The fourth-order valence-corrected chi connectivity index (χ4v) is 2.78. The number of benzene rings is 2. The predicted octanol–water partition coefficient (Wildman–Crippen LogP) is 3.52. The van der Waals surface area contributed by atoms with E-state index in [4.69, 9.17) is 11.6 Å². The van der Waals surface area contributed by atoms with Crippen LogP contribution in [-0.4, -0.2) is 28.1 Å². The molecule has 0 aliphatic heterocycles. The van der Waals surface area contributed by atoms with Crippen LogP contribution in [0.15, 0.2) is 46.4 Å². The summed E-state index contributed by atoms with van der Waals surface area (Å²) in [4.78, 5) is 12.5. The molecule has 2 aromatic carbocycles. The molecule has 0 atom stereocenters. The Balaban J connectivity index is 1.77. The zero-order chi connectivity index (χ0) is 17.5. The lowest BCUT2D eigenvalue weighted by atomic mass is 10.2. The lowest BCUT2D eigenvalue weighted by Gasteiger charge is -2.03. The summed E-state index contributed by atoms with van der Waals surface area (Å²) >= 11 is 7.15. The number of hydrogen-bond acceptors (Lipinski definition) is 5. The predicted molar refractivity (Wildman–Crippen MR) is 92.3 cm³/mol. The molecule has 3 N–H and O–H groups in total. The molecule has 0 aliphatic carbocycles. The summed E-state index contributed by atoms with van der Waals surface area (Å²) in [5.74, 6) is -0.831. The molecule has 2 rings (SSSR count). The number of carbonyl (C=O) groups excluding carboxylic acids is 1. The van der Waals surface area contributed by atoms with Crippen LogP contribution in [0.1, 0.15) is 12.0 Å². The molecule has 5 nitrogen and oxygen atoms in total. The highest BCUT2D eigenvalue weighted by Gasteiger charge is 2.06. The van der Waals surface area contributed by atoms with Crippen molar-refractivity contribution in [1.29, 1.82) is 0 Å². The molecule has 0 aromatic heterocycles. The Morgan fingerprint density at radius 2 is 2.00 bits per heavy atom. The van der Waals surface area contributed by atoms with Gasteiger partial charge in [-0.25, -0.2) is 9.82 Å². The highest BCUT2D eigenvalue weighted by Crippen LogP contribution is 2.33. The van der Waals surface area contributed by atoms with Gasteiger partial charge >= 0.3 is 0 Å². The second-order valence-electron chi connectivity index (χ2n) is 4.72. The van der Waals surface area contributed by atoms with E-state index in [9.17, 15) is 19.4 Å². The van der Waals surface area contributed by atoms with Gasteiger partial charge in [0.15, 0.2) is 11.5 Å². The second kappa shape index (κ2) is 8.56. The van der Waals surface area contributed by atoms with Gasteiger partial charge in [0.25, 0.3) is 0 Å². The first kappa shape index (κ1) is 18.1. The highest BCUT2D eigenvalue weighted by molar-refractivity contribution is 7.99. The van der Waals surface area contributed by atoms with Crippen LogP contribution in [0.5, 0.6) is 11.5 Å². The number of phenolic OH excluding ortho intramolecular Hbond substituents is 2. The van der Waals surface area contributed by atoms with Crippen molar-refractivity contribution in [3.05, 3.63) is 52.8 Å². The maximum Gasteiger partial charge on any atom is 0.240 e. The molecule has 0 bridgehead atoms.